The van der Waals surface area contributed by atoms with Crippen LogP contribution < -0.4 is 15.8 Å². The van der Waals surface area contributed by atoms with E-state index in [1.165, 1.54) is 38.8 Å². The summed E-state index contributed by atoms with van der Waals surface area (Å²) in [5.41, 5.74) is 8.05. The van der Waals surface area contributed by atoms with Crippen molar-refractivity contribution < 1.29 is 4.74 Å². The van der Waals surface area contributed by atoms with Gasteiger partial charge in [-0.15, -0.1) is 0 Å². The van der Waals surface area contributed by atoms with E-state index >= 15 is 0 Å². The summed E-state index contributed by atoms with van der Waals surface area (Å²) in [7, 11) is 0. The molecule has 0 bridgehead atoms. The third-order valence-electron chi connectivity index (χ3n) is 4.72. The second-order valence-corrected chi connectivity index (χ2v) is 6.20. The summed E-state index contributed by atoms with van der Waals surface area (Å²) in [5, 5.41) is 3.68. The largest absolute Gasteiger partial charge is 0.491 e. The monoisotopic (exact) mass is 289 g/mol. The summed E-state index contributed by atoms with van der Waals surface area (Å²) >= 11 is 0. The zero-order valence-electron chi connectivity index (χ0n) is 13.0. The lowest BCUT2D eigenvalue weighted by molar-refractivity contribution is 0.193. The Labute approximate surface area is 127 Å². The number of hydrogen-bond donors (Lipinski definition) is 2. The van der Waals surface area contributed by atoms with Gasteiger partial charge in [-0.1, -0.05) is 19.4 Å². The Morgan fingerprint density at radius 3 is 3.05 bits per heavy atom. The van der Waals surface area contributed by atoms with Crippen LogP contribution in [-0.4, -0.2) is 36.7 Å². The lowest BCUT2D eigenvalue weighted by Crippen LogP contribution is -2.41. The molecule has 4 heteroatoms. The number of nitrogens with one attached hydrogen (secondary N) is 1. The van der Waals surface area contributed by atoms with E-state index in [4.69, 9.17) is 10.5 Å². The minimum Gasteiger partial charge on any atom is -0.491 e. The van der Waals surface area contributed by atoms with E-state index in [-0.39, 0.29) is 0 Å². The molecule has 2 aliphatic rings. The summed E-state index contributed by atoms with van der Waals surface area (Å²) < 4.78 is 5.72. The standard InChI is InChI=1S/C17H27N3O/c1-2-12-21-16-8-5-6-14(17(16)18)19-13-9-11-20-10-4-3-7-15(13)20/h5-6,8,13,15,19H,2-4,7,9-12,18H2,1H3. The van der Waals surface area contributed by atoms with Gasteiger partial charge < -0.3 is 15.8 Å². The number of ether oxygens (including phenoxy) is 1. The van der Waals surface area contributed by atoms with E-state index in [9.17, 15) is 0 Å². The van der Waals surface area contributed by atoms with E-state index in [1.807, 2.05) is 12.1 Å². The number of nitrogens with two attached hydrogens (primary N) is 1. The third kappa shape index (κ3) is 3.10. The summed E-state index contributed by atoms with van der Waals surface area (Å²) in [6, 6.07) is 7.25. The Hall–Kier alpha value is -1.42. The van der Waals surface area contributed by atoms with Gasteiger partial charge in [-0.2, -0.15) is 0 Å². The summed E-state index contributed by atoms with van der Waals surface area (Å²) in [5.74, 6) is 0.806. The highest BCUT2D eigenvalue weighted by Gasteiger charge is 2.35. The first-order valence-corrected chi connectivity index (χ1v) is 8.31. The van der Waals surface area contributed by atoms with E-state index in [2.05, 4.69) is 23.2 Å². The van der Waals surface area contributed by atoms with Gasteiger partial charge in [0, 0.05) is 18.6 Å². The molecule has 21 heavy (non-hydrogen) atoms. The maximum Gasteiger partial charge on any atom is 0.144 e. The minimum atomic E-state index is 0.522. The number of fused-ring (bicyclic) bond motifs is 1. The van der Waals surface area contributed by atoms with E-state index in [0.29, 0.717) is 18.7 Å². The molecule has 2 aliphatic heterocycles. The molecule has 0 amide bonds. The van der Waals surface area contributed by atoms with Crippen molar-refractivity contribution in [2.75, 3.05) is 30.7 Å². The molecule has 0 aliphatic carbocycles. The lowest BCUT2D eigenvalue weighted by Gasteiger charge is -2.33. The zero-order valence-corrected chi connectivity index (χ0v) is 13.0. The first-order valence-electron chi connectivity index (χ1n) is 8.31. The SMILES string of the molecule is CCCOc1cccc(NC2CCN3CCCCC23)c1N. The van der Waals surface area contributed by atoms with Crippen LogP contribution in [0.15, 0.2) is 18.2 Å². The molecule has 0 aromatic heterocycles. The van der Waals surface area contributed by atoms with E-state index < -0.39 is 0 Å². The Bertz CT molecular complexity index is 477. The van der Waals surface area contributed by atoms with Crippen molar-refractivity contribution in [2.45, 2.75) is 51.1 Å². The van der Waals surface area contributed by atoms with Crippen LogP contribution >= 0.6 is 0 Å². The van der Waals surface area contributed by atoms with Gasteiger partial charge in [0.1, 0.15) is 5.75 Å². The summed E-state index contributed by atoms with van der Waals surface area (Å²) in [4.78, 5) is 2.63. The number of nitrogens with zero attached hydrogens (tertiary/aromatic N) is 1. The molecule has 2 atom stereocenters. The first-order chi connectivity index (χ1) is 10.3. The molecule has 0 saturated carbocycles. The van der Waals surface area contributed by atoms with Gasteiger partial charge in [-0.05, 0) is 44.4 Å². The van der Waals surface area contributed by atoms with Crippen LogP contribution in [0.4, 0.5) is 11.4 Å². The average molecular weight is 289 g/mol. The van der Waals surface area contributed by atoms with Gasteiger partial charge in [0.2, 0.25) is 0 Å². The molecule has 2 fully saturated rings. The van der Waals surface area contributed by atoms with Crippen molar-refractivity contribution in [3.05, 3.63) is 18.2 Å². The highest BCUT2D eigenvalue weighted by atomic mass is 16.5. The quantitative estimate of drug-likeness (QED) is 0.818. The van der Waals surface area contributed by atoms with Gasteiger partial charge in [0.25, 0.3) is 0 Å². The number of benzene rings is 1. The zero-order chi connectivity index (χ0) is 14.7. The maximum absolute atomic E-state index is 6.27. The maximum atomic E-state index is 6.27. The average Bonchev–Trinajstić information content (AvgIpc) is 2.91. The fourth-order valence-corrected chi connectivity index (χ4v) is 3.62. The normalized spacial score (nSPS) is 25.6. The Balaban J connectivity index is 1.70. The van der Waals surface area contributed by atoms with Crippen molar-refractivity contribution in [1.82, 2.24) is 4.90 Å². The predicted octanol–water partition coefficient (Wildman–Crippen LogP) is 3.10. The highest BCUT2D eigenvalue weighted by Crippen LogP contribution is 2.34. The Morgan fingerprint density at radius 2 is 2.19 bits per heavy atom. The van der Waals surface area contributed by atoms with Crippen molar-refractivity contribution in [3.63, 3.8) is 0 Å². The van der Waals surface area contributed by atoms with Crippen LogP contribution in [0.3, 0.4) is 0 Å². The first kappa shape index (κ1) is 14.5. The molecule has 116 valence electrons. The van der Waals surface area contributed by atoms with Gasteiger partial charge in [0.15, 0.2) is 0 Å². The molecule has 2 unspecified atom stereocenters. The number of rotatable bonds is 5. The third-order valence-corrected chi connectivity index (χ3v) is 4.72. The smallest absolute Gasteiger partial charge is 0.144 e. The molecule has 4 nitrogen and oxygen atoms in total. The Morgan fingerprint density at radius 1 is 1.29 bits per heavy atom. The summed E-state index contributed by atoms with van der Waals surface area (Å²) in [6.07, 6.45) is 6.23. The molecular formula is C17H27N3O. The molecule has 3 rings (SSSR count). The van der Waals surface area contributed by atoms with Crippen LogP contribution in [0.2, 0.25) is 0 Å². The van der Waals surface area contributed by atoms with Crippen LogP contribution in [0, 0.1) is 0 Å². The van der Waals surface area contributed by atoms with Crippen LogP contribution in [0.25, 0.3) is 0 Å². The molecule has 0 spiro atoms. The minimum absolute atomic E-state index is 0.522. The molecule has 3 N–H and O–H groups in total. The number of piperidine rings is 1. The Kier molecular flexibility index (Phi) is 4.54. The van der Waals surface area contributed by atoms with Crippen molar-refractivity contribution >= 4 is 11.4 Å². The van der Waals surface area contributed by atoms with E-state index in [0.717, 1.165) is 23.5 Å². The predicted molar refractivity (Wildman–Crippen MR) is 87.9 cm³/mol. The number of anilines is 2. The van der Waals surface area contributed by atoms with Crippen molar-refractivity contribution in [3.8, 4) is 5.75 Å². The highest BCUT2D eigenvalue weighted by molar-refractivity contribution is 5.73. The van der Waals surface area contributed by atoms with Crippen LogP contribution in [0.5, 0.6) is 5.75 Å². The molecule has 0 radical (unpaired) electrons. The van der Waals surface area contributed by atoms with Crippen LogP contribution in [-0.2, 0) is 0 Å². The number of nitrogen functional groups attached to an aromatic ring is 1. The van der Waals surface area contributed by atoms with Gasteiger partial charge in [-0.25, -0.2) is 0 Å². The van der Waals surface area contributed by atoms with Gasteiger partial charge >= 0.3 is 0 Å². The van der Waals surface area contributed by atoms with Gasteiger partial charge in [-0.3, -0.25) is 4.90 Å². The fourth-order valence-electron chi connectivity index (χ4n) is 3.62. The van der Waals surface area contributed by atoms with Crippen LogP contribution in [0.1, 0.15) is 39.0 Å². The van der Waals surface area contributed by atoms with E-state index in [1.54, 1.807) is 0 Å². The van der Waals surface area contributed by atoms with Gasteiger partial charge in [0.05, 0.1) is 18.0 Å². The molecule has 1 aromatic rings. The fraction of sp³-hybridized carbons (Fsp3) is 0.647. The molecule has 2 saturated heterocycles. The molecule has 1 aromatic carbocycles. The second-order valence-electron chi connectivity index (χ2n) is 6.20. The molecular weight excluding hydrogens is 262 g/mol. The second kappa shape index (κ2) is 6.56. The van der Waals surface area contributed by atoms with Crippen molar-refractivity contribution in [1.29, 1.82) is 0 Å². The lowest BCUT2D eigenvalue weighted by atomic mass is 9.99. The number of para-hydroxylation sites is 1. The van der Waals surface area contributed by atoms with Crippen molar-refractivity contribution in [2.24, 2.45) is 0 Å². The molecule has 2 heterocycles. The summed E-state index contributed by atoms with van der Waals surface area (Å²) in [6.45, 7) is 5.30. The topological polar surface area (TPSA) is 50.5 Å². The number of hydrogen-bond acceptors (Lipinski definition) is 4.